The van der Waals surface area contributed by atoms with Crippen molar-refractivity contribution in [1.29, 1.82) is 0 Å². The van der Waals surface area contributed by atoms with Crippen LogP contribution in [0.2, 0.25) is 0 Å². The highest BCUT2D eigenvalue weighted by atomic mass is 16.5. The van der Waals surface area contributed by atoms with Gasteiger partial charge < -0.3 is 9.64 Å². The molecule has 2 heterocycles. The summed E-state index contributed by atoms with van der Waals surface area (Å²) in [5, 5.41) is 0. The number of pyridine rings is 1. The number of ether oxygens (including phenoxy) is 1. The summed E-state index contributed by atoms with van der Waals surface area (Å²) in [7, 11) is 1.70. The van der Waals surface area contributed by atoms with Crippen molar-refractivity contribution in [3.8, 4) is 5.75 Å². The second kappa shape index (κ2) is 4.92. The molecule has 2 aliphatic rings. The Morgan fingerprint density at radius 2 is 2.00 bits per heavy atom. The number of aromatic nitrogens is 1. The Kier molecular flexibility index (Phi) is 2.92. The van der Waals surface area contributed by atoms with E-state index in [9.17, 15) is 0 Å². The van der Waals surface area contributed by atoms with Crippen LogP contribution < -0.4 is 9.64 Å². The highest BCUT2D eigenvalue weighted by Crippen LogP contribution is 2.48. The third-order valence-corrected chi connectivity index (χ3v) is 4.55. The smallest absolute Gasteiger partial charge is 0.119 e. The molecular formula is C18H18N2O. The van der Waals surface area contributed by atoms with Gasteiger partial charge in [-0.25, -0.2) is 0 Å². The molecule has 0 saturated carbocycles. The highest BCUT2D eigenvalue weighted by Gasteiger charge is 2.43. The molecule has 3 nitrogen and oxygen atoms in total. The molecule has 0 spiro atoms. The number of hydrogen-bond donors (Lipinski definition) is 0. The van der Waals surface area contributed by atoms with E-state index in [1.165, 1.54) is 17.7 Å². The Morgan fingerprint density at radius 3 is 2.71 bits per heavy atom. The average molecular weight is 278 g/mol. The molecule has 0 amide bonds. The minimum absolute atomic E-state index is 0.391. The normalized spacial score (nSPS) is 26.3. The molecule has 2 bridgehead atoms. The van der Waals surface area contributed by atoms with Crippen LogP contribution in [0.4, 0.5) is 5.69 Å². The summed E-state index contributed by atoms with van der Waals surface area (Å²) >= 11 is 0. The first-order valence-corrected chi connectivity index (χ1v) is 7.37. The Labute approximate surface area is 124 Å². The van der Waals surface area contributed by atoms with E-state index in [2.05, 4.69) is 40.2 Å². The lowest BCUT2D eigenvalue weighted by molar-refractivity contribution is 0.414. The van der Waals surface area contributed by atoms with Crippen LogP contribution in [0, 0.1) is 5.92 Å². The maximum absolute atomic E-state index is 5.26. The Hall–Kier alpha value is -2.29. The SMILES string of the molecule is COc1ccc(N2C3C=CC(C3)C2c2cccnc2)cc1. The van der Waals surface area contributed by atoms with Crippen molar-refractivity contribution in [2.24, 2.45) is 5.92 Å². The van der Waals surface area contributed by atoms with Gasteiger partial charge in [0.1, 0.15) is 5.75 Å². The summed E-state index contributed by atoms with van der Waals surface area (Å²) in [4.78, 5) is 6.81. The maximum Gasteiger partial charge on any atom is 0.119 e. The number of methoxy groups -OCH3 is 1. The van der Waals surface area contributed by atoms with E-state index < -0.39 is 0 Å². The summed E-state index contributed by atoms with van der Waals surface area (Å²) < 4.78 is 5.26. The molecule has 2 aromatic rings. The van der Waals surface area contributed by atoms with Crippen molar-refractivity contribution in [1.82, 2.24) is 4.98 Å². The molecule has 106 valence electrons. The van der Waals surface area contributed by atoms with Crippen LogP contribution in [-0.4, -0.2) is 18.1 Å². The fraction of sp³-hybridized carbons (Fsp3) is 0.278. The van der Waals surface area contributed by atoms with E-state index in [1.807, 2.05) is 30.6 Å². The Balaban J connectivity index is 1.73. The number of hydrogen-bond acceptors (Lipinski definition) is 3. The van der Waals surface area contributed by atoms with Crippen LogP contribution in [0.3, 0.4) is 0 Å². The standard InChI is InChI=1S/C18H18N2O/c1-21-17-8-6-15(7-9-17)20-16-5-4-13(11-16)18(20)14-3-2-10-19-12-14/h2-10,12-13,16,18H,11H2,1H3. The van der Waals surface area contributed by atoms with Gasteiger partial charge in [-0.2, -0.15) is 0 Å². The first-order chi connectivity index (χ1) is 10.4. The van der Waals surface area contributed by atoms with E-state index in [1.54, 1.807) is 7.11 Å². The van der Waals surface area contributed by atoms with E-state index in [0.717, 1.165) is 5.75 Å². The summed E-state index contributed by atoms with van der Waals surface area (Å²) in [6.07, 6.45) is 9.73. The first-order valence-electron chi connectivity index (χ1n) is 7.37. The highest BCUT2D eigenvalue weighted by molar-refractivity contribution is 5.56. The van der Waals surface area contributed by atoms with Crippen molar-refractivity contribution >= 4 is 5.69 Å². The number of nitrogens with zero attached hydrogens (tertiary/aromatic N) is 2. The molecule has 1 saturated heterocycles. The van der Waals surface area contributed by atoms with Crippen molar-refractivity contribution in [2.75, 3.05) is 12.0 Å². The molecule has 1 aliphatic heterocycles. The van der Waals surface area contributed by atoms with Crippen LogP contribution in [0.15, 0.2) is 60.9 Å². The quantitative estimate of drug-likeness (QED) is 0.802. The van der Waals surface area contributed by atoms with Crippen molar-refractivity contribution < 1.29 is 4.74 Å². The largest absolute Gasteiger partial charge is 0.497 e. The summed E-state index contributed by atoms with van der Waals surface area (Å²) in [6.45, 7) is 0. The van der Waals surface area contributed by atoms with Gasteiger partial charge in [-0.05, 0) is 42.3 Å². The molecule has 1 aromatic carbocycles. The predicted molar refractivity (Wildman–Crippen MR) is 83.5 cm³/mol. The number of fused-ring (bicyclic) bond motifs is 2. The first kappa shape index (κ1) is 12.5. The summed E-state index contributed by atoms with van der Waals surface area (Å²) in [6, 6.07) is 13.5. The molecule has 3 atom stereocenters. The molecule has 0 radical (unpaired) electrons. The minimum Gasteiger partial charge on any atom is -0.497 e. The lowest BCUT2D eigenvalue weighted by atomic mass is 9.95. The van der Waals surface area contributed by atoms with Gasteiger partial charge >= 0.3 is 0 Å². The van der Waals surface area contributed by atoms with Gasteiger partial charge in [0.25, 0.3) is 0 Å². The van der Waals surface area contributed by atoms with Gasteiger partial charge in [-0.3, -0.25) is 4.98 Å². The Morgan fingerprint density at radius 1 is 1.14 bits per heavy atom. The lowest BCUT2D eigenvalue weighted by Gasteiger charge is -2.35. The van der Waals surface area contributed by atoms with Crippen LogP contribution in [0.25, 0.3) is 0 Å². The zero-order valence-corrected chi connectivity index (χ0v) is 12.0. The number of rotatable bonds is 3. The number of benzene rings is 1. The molecule has 0 N–H and O–H groups in total. The zero-order chi connectivity index (χ0) is 14.2. The van der Waals surface area contributed by atoms with Gasteiger partial charge in [0, 0.05) is 30.0 Å². The molecule has 1 aromatic heterocycles. The fourth-order valence-electron chi connectivity index (χ4n) is 3.63. The van der Waals surface area contributed by atoms with Gasteiger partial charge in [0.05, 0.1) is 13.2 Å². The van der Waals surface area contributed by atoms with Gasteiger partial charge in [0.15, 0.2) is 0 Å². The van der Waals surface area contributed by atoms with Gasteiger partial charge in [-0.15, -0.1) is 0 Å². The summed E-state index contributed by atoms with van der Waals surface area (Å²) in [5.41, 5.74) is 2.55. The van der Waals surface area contributed by atoms with Crippen LogP contribution in [0.5, 0.6) is 5.75 Å². The monoisotopic (exact) mass is 278 g/mol. The Bertz CT molecular complexity index is 651. The summed E-state index contributed by atoms with van der Waals surface area (Å²) in [5.74, 6) is 1.48. The van der Waals surface area contributed by atoms with Crippen molar-refractivity contribution in [3.63, 3.8) is 0 Å². The molecule has 4 rings (SSSR count). The topological polar surface area (TPSA) is 25.4 Å². The van der Waals surface area contributed by atoms with Crippen LogP contribution in [0.1, 0.15) is 18.0 Å². The van der Waals surface area contributed by atoms with Crippen molar-refractivity contribution in [2.45, 2.75) is 18.5 Å². The van der Waals surface area contributed by atoms with Crippen LogP contribution >= 0.6 is 0 Å². The van der Waals surface area contributed by atoms with Gasteiger partial charge in [0.2, 0.25) is 0 Å². The van der Waals surface area contributed by atoms with Crippen molar-refractivity contribution in [3.05, 3.63) is 66.5 Å². The predicted octanol–water partition coefficient (Wildman–Crippen LogP) is 3.60. The molecular weight excluding hydrogens is 260 g/mol. The number of anilines is 1. The molecule has 3 heteroatoms. The maximum atomic E-state index is 5.26. The van der Waals surface area contributed by atoms with E-state index in [0.29, 0.717) is 18.0 Å². The molecule has 3 unspecified atom stereocenters. The second-order valence-corrected chi connectivity index (χ2v) is 5.69. The average Bonchev–Trinajstić information content (AvgIpc) is 3.17. The van der Waals surface area contributed by atoms with E-state index in [4.69, 9.17) is 4.74 Å². The van der Waals surface area contributed by atoms with E-state index >= 15 is 0 Å². The third-order valence-electron chi connectivity index (χ3n) is 4.55. The second-order valence-electron chi connectivity index (χ2n) is 5.69. The van der Waals surface area contributed by atoms with Crippen LogP contribution in [-0.2, 0) is 0 Å². The molecule has 21 heavy (non-hydrogen) atoms. The zero-order valence-electron chi connectivity index (χ0n) is 12.0. The molecule has 1 fully saturated rings. The third kappa shape index (κ3) is 2.00. The molecule has 1 aliphatic carbocycles. The lowest BCUT2D eigenvalue weighted by Crippen LogP contribution is -2.32. The minimum atomic E-state index is 0.391. The fourth-order valence-corrected chi connectivity index (χ4v) is 3.63. The van der Waals surface area contributed by atoms with Gasteiger partial charge in [-0.1, -0.05) is 18.2 Å². The van der Waals surface area contributed by atoms with E-state index in [-0.39, 0.29) is 0 Å².